The predicted octanol–water partition coefficient (Wildman–Crippen LogP) is 2.35. The predicted molar refractivity (Wildman–Crippen MR) is 78.1 cm³/mol. The Labute approximate surface area is 121 Å². The Morgan fingerprint density at radius 2 is 2.32 bits per heavy atom. The largest absolute Gasteiger partial charge is 0.507 e. The van der Waals surface area contributed by atoms with Crippen LogP contribution in [0.25, 0.3) is 0 Å². The number of hydrogen-bond acceptors (Lipinski definition) is 3. The van der Waals surface area contributed by atoms with Gasteiger partial charge in [0.25, 0.3) is 5.91 Å². The molecule has 1 amide bonds. The maximum atomic E-state index is 12.5. The van der Waals surface area contributed by atoms with Gasteiger partial charge in [-0.25, -0.2) is 0 Å². The molecule has 0 saturated carbocycles. The number of benzene rings is 1. The van der Waals surface area contributed by atoms with Crippen molar-refractivity contribution >= 4 is 21.8 Å². The van der Waals surface area contributed by atoms with Gasteiger partial charge in [0.15, 0.2) is 0 Å². The maximum absolute atomic E-state index is 12.5. The van der Waals surface area contributed by atoms with Gasteiger partial charge in [0, 0.05) is 23.6 Å². The molecule has 1 aliphatic heterocycles. The SMILES string of the molecule is CC1CCN(C(=O)c2cc(Br)ccc2O)C(CN)C1. The summed E-state index contributed by atoms with van der Waals surface area (Å²) in [4.78, 5) is 14.3. The van der Waals surface area contributed by atoms with Crippen LogP contribution in [-0.2, 0) is 0 Å². The molecule has 19 heavy (non-hydrogen) atoms. The number of nitrogens with two attached hydrogens (primary N) is 1. The summed E-state index contributed by atoms with van der Waals surface area (Å²) in [7, 11) is 0. The van der Waals surface area contributed by atoms with Crippen LogP contribution >= 0.6 is 15.9 Å². The number of phenols is 1. The van der Waals surface area contributed by atoms with Crippen molar-refractivity contribution in [2.75, 3.05) is 13.1 Å². The van der Waals surface area contributed by atoms with Crippen LogP contribution in [0.1, 0.15) is 30.1 Å². The van der Waals surface area contributed by atoms with E-state index >= 15 is 0 Å². The first-order valence-electron chi connectivity index (χ1n) is 6.52. The third-order valence-corrected chi connectivity index (χ3v) is 4.19. The van der Waals surface area contributed by atoms with E-state index in [1.165, 1.54) is 6.07 Å². The first-order chi connectivity index (χ1) is 9.02. The third-order valence-electron chi connectivity index (χ3n) is 3.70. The van der Waals surface area contributed by atoms with Crippen LogP contribution in [0.4, 0.5) is 0 Å². The second kappa shape index (κ2) is 5.92. The van der Waals surface area contributed by atoms with Crippen molar-refractivity contribution in [1.29, 1.82) is 0 Å². The second-order valence-corrected chi connectivity index (χ2v) is 6.09. The number of hydrogen-bond donors (Lipinski definition) is 2. The molecule has 1 aromatic rings. The first-order valence-corrected chi connectivity index (χ1v) is 7.31. The van der Waals surface area contributed by atoms with Gasteiger partial charge in [-0.2, -0.15) is 0 Å². The molecule has 1 aliphatic rings. The molecule has 104 valence electrons. The fourth-order valence-corrected chi connectivity index (χ4v) is 2.94. The van der Waals surface area contributed by atoms with E-state index in [1.807, 2.05) is 0 Å². The number of likely N-dealkylation sites (tertiary alicyclic amines) is 1. The molecule has 1 saturated heterocycles. The van der Waals surface area contributed by atoms with Gasteiger partial charge in [-0.05, 0) is 37.0 Å². The highest BCUT2D eigenvalue weighted by atomic mass is 79.9. The Kier molecular flexibility index (Phi) is 4.47. The van der Waals surface area contributed by atoms with Crippen LogP contribution in [-0.4, -0.2) is 35.0 Å². The summed E-state index contributed by atoms with van der Waals surface area (Å²) in [6.07, 6.45) is 1.91. The van der Waals surface area contributed by atoms with Crippen LogP contribution < -0.4 is 5.73 Å². The van der Waals surface area contributed by atoms with Crippen molar-refractivity contribution in [1.82, 2.24) is 4.90 Å². The van der Waals surface area contributed by atoms with Crippen LogP contribution in [0.2, 0.25) is 0 Å². The lowest BCUT2D eigenvalue weighted by Gasteiger charge is -2.38. The molecule has 0 aliphatic carbocycles. The Bertz CT molecular complexity index is 479. The Balaban J connectivity index is 2.25. The summed E-state index contributed by atoms with van der Waals surface area (Å²) >= 11 is 3.32. The van der Waals surface area contributed by atoms with E-state index in [2.05, 4.69) is 22.9 Å². The minimum absolute atomic E-state index is 0.0163. The van der Waals surface area contributed by atoms with Crippen molar-refractivity contribution in [2.24, 2.45) is 11.7 Å². The van der Waals surface area contributed by atoms with Gasteiger partial charge in [0.2, 0.25) is 0 Å². The molecule has 1 fully saturated rings. The number of amides is 1. The molecule has 3 N–H and O–H groups in total. The van der Waals surface area contributed by atoms with E-state index in [-0.39, 0.29) is 17.7 Å². The summed E-state index contributed by atoms with van der Waals surface area (Å²) in [5.74, 6) is 0.470. The molecule has 2 rings (SSSR count). The number of nitrogens with zero attached hydrogens (tertiary/aromatic N) is 1. The zero-order valence-corrected chi connectivity index (χ0v) is 12.6. The monoisotopic (exact) mass is 326 g/mol. The number of carbonyl (C=O) groups is 1. The summed E-state index contributed by atoms with van der Waals surface area (Å²) < 4.78 is 0.781. The van der Waals surface area contributed by atoms with E-state index in [0.29, 0.717) is 24.6 Å². The number of piperidine rings is 1. The Morgan fingerprint density at radius 1 is 1.58 bits per heavy atom. The fraction of sp³-hybridized carbons (Fsp3) is 0.500. The fourth-order valence-electron chi connectivity index (χ4n) is 2.58. The molecule has 5 heteroatoms. The van der Waals surface area contributed by atoms with Crippen molar-refractivity contribution in [3.8, 4) is 5.75 Å². The minimum atomic E-state index is -0.138. The van der Waals surface area contributed by atoms with Gasteiger partial charge in [-0.1, -0.05) is 22.9 Å². The quantitative estimate of drug-likeness (QED) is 0.876. The molecule has 2 atom stereocenters. The lowest BCUT2D eigenvalue weighted by Crippen LogP contribution is -2.49. The van der Waals surface area contributed by atoms with E-state index in [1.54, 1.807) is 17.0 Å². The standard InChI is InChI=1S/C14H19BrN2O2/c1-9-4-5-17(11(6-9)8-16)14(19)12-7-10(15)2-3-13(12)18/h2-3,7,9,11,18H,4-6,8,16H2,1H3. The maximum Gasteiger partial charge on any atom is 0.257 e. The summed E-state index contributed by atoms with van der Waals surface area (Å²) in [5.41, 5.74) is 6.11. The molecule has 0 radical (unpaired) electrons. The van der Waals surface area contributed by atoms with Gasteiger partial charge in [-0.3, -0.25) is 4.79 Å². The number of carbonyl (C=O) groups excluding carboxylic acids is 1. The highest BCUT2D eigenvalue weighted by Crippen LogP contribution is 2.28. The summed E-state index contributed by atoms with van der Waals surface area (Å²) in [6.45, 7) is 3.35. The van der Waals surface area contributed by atoms with E-state index in [0.717, 1.165) is 17.3 Å². The average molecular weight is 327 g/mol. The number of phenolic OH excluding ortho intramolecular Hbond substituents is 1. The van der Waals surface area contributed by atoms with Crippen molar-refractivity contribution in [3.63, 3.8) is 0 Å². The van der Waals surface area contributed by atoms with Crippen LogP contribution in [0.3, 0.4) is 0 Å². The highest BCUT2D eigenvalue weighted by molar-refractivity contribution is 9.10. The number of rotatable bonds is 2. The molecule has 4 nitrogen and oxygen atoms in total. The molecule has 0 aromatic heterocycles. The van der Waals surface area contributed by atoms with Gasteiger partial charge in [0.1, 0.15) is 5.75 Å². The molecule has 0 spiro atoms. The molecular formula is C14H19BrN2O2. The van der Waals surface area contributed by atoms with Crippen LogP contribution in [0.15, 0.2) is 22.7 Å². The van der Waals surface area contributed by atoms with Crippen LogP contribution in [0, 0.1) is 5.92 Å². The average Bonchev–Trinajstić information content (AvgIpc) is 2.40. The number of aromatic hydroxyl groups is 1. The van der Waals surface area contributed by atoms with Crippen molar-refractivity contribution in [2.45, 2.75) is 25.8 Å². The first kappa shape index (κ1) is 14.3. The highest BCUT2D eigenvalue weighted by Gasteiger charge is 2.30. The van der Waals surface area contributed by atoms with Gasteiger partial charge in [-0.15, -0.1) is 0 Å². The lowest BCUT2D eigenvalue weighted by atomic mass is 9.92. The van der Waals surface area contributed by atoms with Gasteiger partial charge < -0.3 is 15.7 Å². The summed E-state index contributed by atoms with van der Waals surface area (Å²) in [6, 6.07) is 4.96. The van der Waals surface area contributed by atoms with E-state index in [4.69, 9.17) is 5.73 Å². The molecule has 1 heterocycles. The molecular weight excluding hydrogens is 308 g/mol. The van der Waals surface area contributed by atoms with E-state index < -0.39 is 0 Å². The zero-order valence-electron chi connectivity index (χ0n) is 11.0. The number of halogens is 1. The Hall–Kier alpha value is -1.07. The lowest BCUT2D eigenvalue weighted by molar-refractivity contribution is 0.0570. The molecule has 1 aromatic carbocycles. The second-order valence-electron chi connectivity index (χ2n) is 5.18. The van der Waals surface area contributed by atoms with Crippen molar-refractivity contribution in [3.05, 3.63) is 28.2 Å². The third kappa shape index (κ3) is 3.09. The van der Waals surface area contributed by atoms with Gasteiger partial charge >= 0.3 is 0 Å². The smallest absolute Gasteiger partial charge is 0.257 e. The van der Waals surface area contributed by atoms with Crippen LogP contribution in [0.5, 0.6) is 5.75 Å². The molecule has 2 unspecified atom stereocenters. The normalized spacial score (nSPS) is 23.4. The Morgan fingerprint density at radius 3 is 3.00 bits per heavy atom. The van der Waals surface area contributed by atoms with Gasteiger partial charge in [0.05, 0.1) is 5.56 Å². The van der Waals surface area contributed by atoms with E-state index in [9.17, 15) is 9.90 Å². The van der Waals surface area contributed by atoms with Crippen molar-refractivity contribution < 1.29 is 9.90 Å². The minimum Gasteiger partial charge on any atom is -0.507 e. The topological polar surface area (TPSA) is 66.6 Å². The molecule has 0 bridgehead atoms. The zero-order chi connectivity index (χ0) is 14.0. The summed E-state index contributed by atoms with van der Waals surface area (Å²) in [5, 5.41) is 9.85.